The molecular formula is C13H20N4O3. The summed E-state index contributed by atoms with van der Waals surface area (Å²) >= 11 is 0. The number of nitrogens with one attached hydrogen (secondary N) is 1. The van der Waals surface area contributed by atoms with Gasteiger partial charge in [-0.1, -0.05) is 0 Å². The van der Waals surface area contributed by atoms with Crippen LogP contribution in [0.25, 0.3) is 0 Å². The van der Waals surface area contributed by atoms with Gasteiger partial charge < -0.3 is 10.4 Å². The molecule has 0 saturated carbocycles. The van der Waals surface area contributed by atoms with E-state index in [-0.39, 0.29) is 18.2 Å². The van der Waals surface area contributed by atoms with Gasteiger partial charge >= 0.3 is 5.97 Å². The monoisotopic (exact) mass is 280 g/mol. The summed E-state index contributed by atoms with van der Waals surface area (Å²) in [4.78, 5) is 24.4. The Bertz CT molecular complexity index is 532. The van der Waals surface area contributed by atoms with Crippen LogP contribution in [0.2, 0.25) is 0 Å². The number of aryl methyl sites for hydroxylation is 2. The van der Waals surface area contributed by atoms with Crippen molar-refractivity contribution in [1.82, 2.24) is 14.7 Å². The molecule has 0 spiro atoms. The third-order valence-corrected chi connectivity index (χ3v) is 3.64. The Hall–Kier alpha value is -1.89. The molecule has 1 saturated heterocycles. The predicted molar refractivity (Wildman–Crippen MR) is 73.5 cm³/mol. The molecule has 0 atom stereocenters. The molecule has 2 rings (SSSR count). The summed E-state index contributed by atoms with van der Waals surface area (Å²) in [7, 11) is 1.84. The molecule has 0 bridgehead atoms. The van der Waals surface area contributed by atoms with Gasteiger partial charge in [0.15, 0.2) is 0 Å². The number of hydrogen-bond donors (Lipinski definition) is 2. The van der Waals surface area contributed by atoms with Gasteiger partial charge in [0.05, 0.1) is 30.0 Å². The van der Waals surface area contributed by atoms with Crippen LogP contribution in [-0.4, -0.2) is 51.3 Å². The molecule has 0 aromatic carbocycles. The van der Waals surface area contributed by atoms with Crippen LogP contribution < -0.4 is 5.32 Å². The lowest BCUT2D eigenvalue weighted by Crippen LogP contribution is -2.50. The zero-order valence-electron chi connectivity index (χ0n) is 12.0. The van der Waals surface area contributed by atoms with Crippen LogP contribution in [0.15, 0.2) is 0 Å². The van der Waals surface area contributed by atoms with Crippen LogP contribution >= 0.6 is 0 Å². The standard InChI is InChI=1S/C13H20N4O3/c1-8-13(9(2)16(3)15-8)14-11(18)7-17-5-10(6-17)4-12(19)20/h10H,4-7H2,1-3H3,(H,14,18)(H,19,20). The van der Waals surface area contributed by atoms with Crippen LogP contribution in [-0.2, 0) is 16.6 Å². The van der Waals surface area contributed by atoms with E-state index in [1.54, 1.807) is 4.68 Å². The Morgan fingerprint density at radius 3 is 2.55 bits per heavy atom. The number of carboxylic acid groups (broad SMARTS) is 1. The molecule has 1 fully saturated rings. The number of anilines is 1. The van der Waals surface area contributed by atoms with Gasteiger partial charge in [-0.25, -0.2) is 0 Å². The molecule has 7 nitrogen and oxygen atoms in total. The van der Waals surface area contributed by atoms with E-state index in [2.05, 4.69) is 10.4 Å². The van der Waals surface area contributed by atoms with E-state index in [0.29, 0.717) is 19.6 Å². The second-order valence-corrected chi connectivity index (χ2v) is 5.38. The second kappa shape index (κ2) is 5.62. The van der Waals surface area contributed by atoms with E-state index >= 15 is 0 Å². The third-order valence-electron chi connectivity index (χ3n) is 3.64. The zero-order chi connectivity index (χ0) is 14.9. The Morgan fingerprint density at radius 1 is 1.40 bits per heavy atom. The number of carboxylic acids is 1. The molecule has 2 N–H and O–H groups in total. The lowest BCUT2D eigenvalue weighted by Gasteiger charge is -2.37. The number of carbonyl (C=O) groups is 2. The van der Waals surface area contributed by atoms with Crippen molar-refractivity contribution in [3.05, 3.63) is 11.4 Å². The van der Waals surface area contributed by atoms with E-state index in [4.69, 9.17) is 5.11 Å². The third kappa shape index (κ3) is 3.16. The summed E-state index contributed by atoms with van der Waals surface area (Å²) in [6.07, 6.45) is 0.180. The average Bonchev–Trinajstić information content (AvgIpc) is 2.53. The summed E-state index contributed by atoms with van der Waals surface area (Å²) in [5.74, 6) is -0.694. The summed E-state index contributed by atoms with van der Waals surface area (Å²) in [5, 5.41) is 15.8. The number of aromatic nitrogens is 2. The lowest BCUT2D eigenvalue weighted by atomic mass is 9.96. The van der Waals surface area contributed by atoms with Crippen molar-refractivity contribution in [1.29, 1.82) is 0 Å². The van der Waals surface area contributed by atoms with Gasteiger partial charge in [-0.2, -0.15) is 5.10 Å². The number of aliphatic carboxylic acids is 1. The first-order valence-corrected chi connectivity index (χ1v) is 6.61. The molecule has 0 radical (unpaired) electrons. The Kier molecular flexibility index (Phi) is 4.08. The molecule has 1 aliphatic heterocycles. The van der Waals surface area contributed by atoms with Crippen LogP contribution in [0.1, 0.15) is 17.8 Å². The van der Waals surface area contributed by atoms with Gasteiger partial charge in [0.2, 0.25) is 5.91 Å². The van der Waals surface area contributed by atoms with Gasteiger partial charge in [-0.15, -0.1) is 0 Å². The van der Waals surface area contributed by atoms with Crippen molar-refractivity contribution in [3.63, 3.8) is 0 Å². The molecule has 1 aromatic heterocycles. The highest BCUT2D eigenvalue weighted by Crippen LogP contribution is 2.20. The fraction of sp³-hybridized carbons (Fsp3) is 0.615. The molecule has 0 unspecified atom stereocenters. The largest absolute Gasteiger partial charge is 0.481 e. The molecule has 7 heteroatoms. The number of likely N-dealkylation sites (tertiary alicyclic amines) is 1. The molecular weight excluding hydrogens is 260 g/mol. The van der Waals surface area contributed by atoms with Crippen molar-refractivity contribution in [3.8, 4) is 0 Å². The highest BCUT2D eigenvalue weighted by atomic mass is 16.4. The van der Waals surface area contributed by atoms with Crippen LogP contribution in [0, 0.1) is 19.8 Å². The first kappa shape index (κ1) is 14.5. The summed E-state index contributed by atoms with van der Waals surface area (Å²) in [6, 6.07) is 0. The van der Waals surface area contributed by atoms with Gasteiger partial charge in [-0.3, -0.25) is 19.2 Å². The van der Waals surface area contributed by atoms with E-state index in [9.17, 15) is 9.59 Å². The number of nitrogens with zero attached hydrogens (tertiary/aromatic N) is 3. The maximum absolute atomic E-state index is 12.0. The fourth-order valence-corrected chi connectivity index (χ4v) is 2.52. The normalized spacial score (nSPS) is 15.9. The van der Waals surface area contributed by atoms with Crippen LogP contribution in [0.4, 0.5) is 5.69 Å². The number of hydrogen-bond acceptors (Lipinski definition) is 4. The molecule has 1 amide bonds. The first-order chi connectivity index (χ1) is 9.36. The van der Waals surface area contributed by atoms with Crippen molar-refractivity contribution in [2.24, 2.45) is 13.0 Å². The minimum atomic E-state index is -0.777. The van der Waals surface area contributed by atoms with Crippen molar-refractivity contribution in [2.45, 2.75) is 20.3 Å². The minimum Gasteiger partial charge on any atom is -0.481 e. The summed E-state index contributed by atoms with van der Waals surface area (Å²) < 4.78 is 1.73. The molecule has 110 valence electrons. The van der Waals surface area contributed by atoms with E-state index in [0.717, 1.165) is 17.1 Å². The summed E-state index contributed by atoms with van der Waals surface area (Å²) in [5.41, 5.74) is 2.48. The van der Waals surface area contributed by atoms with E-state index in [1.807, 2.05) is 25.8 Å². The lowest BCUT2D eigenvalue weighted by molar-refractivity contribution is -0.139. The molecule has 20 heavy (non-hydrogen) atoms. The average molecular weight is 280 g/mol. The number of carbonyl (C=O) groups excluding carboxylic acids is 1. The van der Waals surface area contributed by atoms with Gasteiger partial charge in [-0.05, 0) is 19.8 Å². The van der Waals surface area contributed by atoms with Crippen molar-refractivity contribution in [2.75, 3.05) is 25.0 Å². The maximum Gasteiger partial charge on any atom is 0.303 e. The number of rotatable bonds is 5. The Labute approximate surface area is 117 Å². The van der Waals surface area contributed by atoms with Crippen LogP contribution in [0.3, 0.4) is 0 Å². The molecule has 2 heterocycles. The van der Waals surface area contributed by atoms with Crippen LogP contribution in [0.5, 0.6) is 0 Å². The Morgan fingerprint density at radius 2 is 2.05 bits per heavy atom. The SMILES string of the molecule is Cc1nn(C)c(C)c1NC(=O)CN1CC(CC(=O)O)C1. The van der Waals surface area contributed by atoms with Gasteiger partial charge in [0.25, 0.3) is 0 Å². The topological polar surface area (TPSA) is 87.5 Å². The van der Waals surface area contributed by atoms with Gasteiger partial charge in [0, 0.05) is 20.1 Å². The zero-order valence-corrected chi connectivity index (χ0v) is 12.0. The molecule has 1 aromatic rings. The highest BCUT2D eigenvalue weighted by Gasteiger charge is 2.29. The smallest absolute Gasteiger partial charge is 0.303 e. The maximum atomic E-state index is 12.0. The van der Waals surface area contributed by atoms with E-state index < -0.39 is 5.97 Å². The second-order valence-electron chi connectivity index (χ2n) is 5.38. The molecule has 1 aliphatic rings. The molecule has 0 aliphatic carbocycles. The van der Waals surface area contributed by atoms with E-state index in [1.165, 1.54) is 0 Å². The fourth-order valence-electron chi connectivity index (χ4n) is 2.52. The highest BCUT2D eigenvalue weighted by molar-refractivity contribution is 5.93. The Balaban J connectivity index is 1.81. The number of amides is 1. The van der Waals surface area contributed by atoms with Crippen molar-refractivity contribution >= 4 is 17.6 Å². The quantitative estimate of drug-likeness (QED) is 0.814. The first-order valence-electron chi connectivity index (χ1n) is 6.61. The summed E-state index contributed by atoms with van der Waals surface area (Å²) in [6.45, 7) is 5.40. The minimum absolute atomic E-state index is 0.0852. The predicted octanol–water partition coefficient (Wildman–Crippen LogP) is 0.382. The van der Waals surface area contributed by atoms with Crippen molar-refractivity contribution < 1.29 is 14.7 Å². The van der Waals surface area contributed by atoms with Gasteiger partial charge in [0.1, 0.15) is 0 Å².